The highest BCUT2D eigenvalue weighted by atomic mass is 35.5. The van der Waals surface area contributed by atoms with E-state index in [0.717, 1.165) is 10.9 Å². The summed E-state index contributed by atoms with van der Waals surface area (Å²) in [6.07, 6.45) is 1.70. The SMILES string of the molecule is O=C(Nc1ccc(Cl)c(Cl)c1)NS(=O)(=O)c1ccc2[nH]ccc2c1. The van der Waals surface area contributed by atoms with E-state index >= 15 is 0 Å². The van der Waals surface area contributed by atoms with Crippen LogP contribution >= 0.6 is 23.2 Å². The average molecular weight is 384 g/mol. The van der Waals surface area contributed by atoms with Gasteiger partial charge in [-0.25, -0.2) is 17.9 Å². The Bertz CT molecular complexity index is 1030. The molecule has 0 unspecified atom stereocenters. The minimum atomic E-state index is -4.00. The highest BCUT2D eigenvalue weighted by Crippen LogP contribution is 2.25. The quantitative estimate of drug-likeness (QED) is 0.638. The summed E-state index contributed by atoms with van der Waals surface area (Å²) in [7, 11) is -4.00. The van der Waals surface area contributed by atoms with Crippen molar-refractivity contribution in [1.82, 2.24) is 9.71 Å². The first-order valence-corrected chi connectivity index (χ1v) is 8.95. The zero-order chi connectivity index (χ0) is 17.3. The number of carbonyl (C=O) groups is 1. The normalized spacial score (nSPS) is 11.4. The monoisotopic (exact) mass is 383 g/mol. The molecule has 0 radical (unpaired) electrons. The number of H-pyrrole nitrogens is 1. The van der Waals surface area contributed by atoms with Gasteiger partial charge in [0.05, 0.1) is 14.9 Å². The molecule has 1 aromatic heterocycles. The lowest BCUT2D eigenvalue weighted by Crippen LogP contribution is -2.34. The lowest BCUT2D eigenvalue weighted by molar-refractivity contribution is 0.256. The van der Waals surface area contributed by atoms with E-state index < -0.39 is 16.1 Å². The number of rotatable bonds is 3. The number of urea groups is 1. The Morgan fingerprint density at radius 2 is 1.79 bits per heavy atom. The zero-order valence-corrected chi connectivity index (χ0v) is 14.3. The van der Waals surface area contributed by atoms with E-state index in [1.165, 1.54) is 30.3 Å². The maximum Gasteiger partial charge on any atom is 0.333 e. The van der Waals surface area contributed by atoms with Gasteiger partial charge in [-0.1, -0.05) is 23.2 Å². The van der Waals surface area contributed by atoms with Crippen LogP contribution in [0.2, 0.25) is 10.0 Å². The van der Waals surface area contributed by atoms with E-state index in [-0.39, 0.29) is 9.92 Å². The maximum atomic E-state index is 12.3. The molecule has 2 amide bonds. The van der Waals surface area contributed by atoms with Gasteiger partial charge in [0.1, 0.15) is 0 Å². The maximum absolute atomic E-state index is 12.3. The van der Waals surface area contributed by atoms with Gasteiger partial charge in [0, 0.05) is 22.8 Å². The summed E-state index contributed by atoms with van der Waals surface area (Å²) >= 11 is 11.6. The molecule has 2 aromatic carbocycles. The van der Waals surface area contributed by atoms with Gasteiger partial charge < -0.3 is 10.3 Å². The fraction of sp³-hybridized carbons (Fsp3) is 0. The molecule has 24 heavy (non-hydrogen) atoms. The topological polar surface area (TPSA) is 91.1 Å². The van der Waals surface area contributed by atoms with E-state index in [1.54, 1.807) is 18.3 Å². The average Bonchev–Trinajstić information content (AvgIpc) is 2.98. The number of aromatic amines is 1. The number of hydrogen-bond donors (Lipinski definition) is 3. The van der Waals surface area contributed by atoms with E-state index in [0.29, 0.717) is 10.7 Å². The van der Waals surface area contributed by atoms with Crippen molar-refractivity contribution in [2.75, 3.05) is 5.32 Å². The summed E-state index contributed by atoms with van der Waals surface area (Å²) in [6, 6.07) is 9.77. The van der Waals surface area contributed by atoms with E-state index in [1.807, 2.05) is 4.72 Å². The molecular formula is C15H11Cl2N3O3S. The minimum Gasteiger partial charge on any atom is -0.361 e. The molecule has 0 aliphatic carbocycles. The van der Waals surface area contributed by atoms with Crippen LogP contribution in [0.3, 0.4) is 0 Å². The van der Waals surface area contributed by atoms with Crippen molar-refractivity contribution in [3.05, 3.63) is 58.7 Å². The molecule has 9 heteroatoms. The third-order valence-electron chi connectivity index (χ3n) is 3.24. The van der Waals surface area contributed by atoms with Crippen molar-refractivity contribution in [2.45, 2.75) is 4.90 Å². The van der Waals surface area contributed by atoms with Crippen LogP contribution in [0.4, 0.5) is 10.5 Å². The molecule has 0 atom stereocenters. The molecule has 0 spiro atoms. The van der Waals surface area contributed by atoms with Gasteiger partial charge in [0.15, 0.2) is 0 Å². The molecule has 0 fully saturated rings. The predicted molar refractivity (Wildman–Crippen MR) is 94.1 cm³/mol. The van der Waals surface area contributed by atoms with Gasteiger partial charge in [-0.3, -0.25) is 0 Å². The molecule has 0 bridgehead atoms. The van der Waals surface area contributed by atoms with Crippen LogP contribution in [0.15, 0.2) is 53.6 Å². The van der Waals surface area contributed by atoms with E-state index in [9.17, 15) is 13.2 Å². The lowest BCUT2D eigenvalue weighted by atomic mass is 10.2. The molecule has 3 aromatic rings. The molecule has 6 nitrogen and oxygen atoms in total. The summed E-state index contributed by atoms with van der Waals surface area (Å²) < 4.78 is 26.5. The molecule has 1 heterocycles. The van der Waals surface area contributed by atoms with Crippen molar-refractivity contribution in [1.29, 1.82) is 0 Å². The molecule has 124 valence electrons. The molecule has 0 saturated carbocycles. The number of aromatic nitrogens is 1. The summed E-state index contributed by atoms with van der Waals surface area (Å²) in [5.74, 6) is 0. The molecule has 3 N–H and O–H groups in total. The van der Waals surface area contributed by atoms with E-state index in [4.69, 9.17) is 23.2 Å². The fourth-order valence-electron chi connectivity index (χ4n) is 2.11. The highest BCUT2D eigenvalue weighted by molar-refractivity contribution is 7.90. The number of amides is 2. The van der Waals surface area contributed by atoms with Crippen LogP contribution in [-0.2, 0) is 10.0 Å². The molecule has 0 aliphatic heterocycles. The van der Waals surface area contributed by atoms with Crippen LogP contribution < -0.4 is 10.0 Å². The number of fused-ring (bicyclic) bond motifs is 1. The number of hydrogen-bond acceptors (Lipinski definition) is 3. The van der Waals surface area contributed by atoms with Gasteiger partial charge in [-0.2, -0.15) is 0 Å². The largest absolute Gasteiger partial charge is 0.361 e. The number of halogens is 2. The smallest absolute Gasteiger partial charge is 0.333 e. The van der Waals surface area contributed by atoms with Gasteiger partial charge in [0.25, 0.3) is 10.0 Å². The van der Waals surface area contributed by atoms with Crippen LogP contribution in [0.1, 0.15) is 0 Å². The number of benzene rings is 2. The second-order valence-electron chi connectivity index (χ2n) is 4.92. The van der Waals surface area contributed by atoms with Gasteiger partial charge in [-0.15, -0.1) is 0 Å². The number of carbonyl (C=O) groups excluding carboxylic acids is 1. The Morgan fingerprint density at radius 3 is 2.54 bits per heavy atom. The van der Waals surface area contributed by atoms with Gasteiger partial charge >= 0.3 is 6.03 Å². The Kier molecular flexibility index (Phi) is 4.40. The van der Waals surface area contributed by atoms with Crippen molar-refractivity contribution in [2.24, 2.45) is 0 Å². The van der Waals surface area contributed by atoms with Crippen molar-refractivity contribution in [3.8, 4) is 0 Å². The van der Waals surface area contributed by atoms with Crippen LogP contribution in [0.25, 0.3) is 10.9 Å². The van der Waals surface area contributed by atoms with Crippen LogP contribution in [-0.4, -0.2) is 19.4 Å². The fourth-order valence-corrected chi connectivity index (χ4v) is 3.35. The third-order valence-corrected chi connectivity index (χ3v) is 5.31. The predicted octanol–water partition coefficient (Wildman–Crippen LogP) is 3.99. The van der Waals surface area contributed by atoms with Gasteiger partial charge in [-0.05, 0) is 42.5 Å². The molecular weight excluding hydrogens is 373 g/mol. The van der Waals surface area contributed by atoms with Crippen LogP contribution in [0, 0.1) is 0 Å². The van der Waals surface area contributed by atoms with E-state index in [2.05, 4.69) is 10.3 Å². The summed E-state index contributed by atoms with van der Waals surface area (Å²) in [5.41, 5.74) is 1.12. The minimum absolute atomic E-state index is 0.0149. The van der Waals surface area contributed by atoms with Crippen molar-refractivity contribution >= 4 is 55.8 Å². The van der Waals surface area contributed by atoms with Crippen molar-refractivity contribution < 1.29 is 13.2 Å². The first-order chi connectivity index (χ1) is 11.3. The lowest BCUT2D eigenvalue weighted by Gasteiger charge is -2.09. The second-order valence-corrected chi connectivity index (χ2v) is 7.41. The molecule has 3 rings (SSSR count). The van der Waals surface area contributed by atoms with Crippen LogP contribution in [0.5, 0.6) is 0 Å². The zero-order valence-electron chi connectivity index (χ0n) is 12.0. The number of nitrogens with one attached hydrogen (secondary N) is 3. The first-order valence-electron chi connectivity index (χ1n) is 6.71. The highest BCUT2D eigenvalue weighted by Gasteiger charge is 2.18. The molecule has 0 aliphatic rings. The number of anilines is 1. The summed E-state index contributed by atoms with van der Waals surface area (Å²) in [5, 5.41) is 3.69. The summed E-state index contributed by atoms with van der Waals surface area (Å²) in [6.45, 7) is 0. The standard InChI is InChI=1S/C15H11Cl2N3O3S/c16-12-3-1-10(8-13(12)17)19-15(21)20-24(22,23)11-2-4-14-9(7-11)5-6-18-14/h1-8,18H,(H2,19,20,21). The first kappa shape index (κ1) is 16.6. The number of sulfonamides is 1. The third kappa shape index (κ3) is 3.48. The summed E-state index contributed by atoms with van der Waals surface area (Å²) in [4.78, 5) is 14.9. The Labute approximate surface area is 147 Å². The second kappa shape index (κ2) is 6.35. The molecule has 0 saturated heterocycles. The Balaban J connectivity index is 1.77. The Morgan fingerprint density at radius 1 is 1.00 bits per heavy atom. The Hall–Kier alpha value is -2.22. The van der Waals surface area contributed by atoms with Crippen molar-refractivity contribution in [3.63, 3.8) is 0 Å². The van der Waals surface area contributed by atoms with Gasteiger partial charge in [0.2, 0.25) is 0 Å².